The van der Waals surface area contributed by atoms with E-state index in [0.717, 1.165) is 0 Å². The third kappa shape index (κ3) is 2.20. The SMILES string of the molecule is C[C@@H](N)CC(=O)c1ccco1. The standard InChI is InChI=1S/C8H11NO2/c1-6(9)5-7(10)8-3-2-4-11-8/h2-4,6H,5,9H2,1H3/t6-/m1/s1. The molecule has 0 amide bonds. The lowest BCUT2D eigenvalue weighted by atomic mass is 10.1. The molecule has 0 bridgehead atoms. The van der Waals surface area contributed by atoms with Gasteiger partial charge in [0.25, 0.3) is 0 Å². The Balaban J connectivity index is 2.57. The van der Waals surface area contributed by atoms with Gasteiger partial charge in [0.15, 0.2) is 11.5 Å². The summed E-state index contributed by atoms with van der Waals surface area (Å²) in [5, 5.41) is 0. The average molecular weight is 153 g/mol. The number of Topliss-reactive ketones (excluding diaryl/α,β-unsaturated/α-hetero) is 1. The van der Waals surface area contributed by atoms with Gasteiger partial charge in [-0.05, 0) is 19.1 Å². The van der Waals surface area contributed by atoms with Crippen LogP contribution in [-0.2, 0) is 0 Å². The summed E-state index contributed by atoms with van der Waals surface area (Å²) >= 11 is 0. The molecule has 0 spiro atoms. The first kappa shape index (κ1) is 8.01. The van der Waals surface area contributed by atoms with E-state index < -0.39 is 0 Å². The van der Waals surface area contributed by atoms with Gasteiger partial charge < -0.3 is 10.2 Å². The zero-order chi connectivity index (χ0) is 8.27. The fraction of sp³-hybridized carbons (Fsp3) is 0.375. The van der Waals surface area contributed by atoms with Crippen molar-refractivity contribution in [3.05, 3.63) is 24.2 Å². The van der Waals surface area contributed by atoms with Crippen molar-refractivity contribution in [2.45, 2.75) is 19.4 Å². The van der Waals surface area contributed by atoms with Crippen molar-refractivity contribution in [3.63, 3.8) is 0 Å². The molecule has 11 heavy (non-hydrogen) atoms. The fourth-order valence-electron chi connectivity index (χ4n) is 0.830. The molecule has 60 valence electrons. The highest BCUT2D eigenvalue weighted by atomic mass is 16.3. The molecule has 0 saturated carbocycles. The highest BCUT2D eigenvalue weighted by Gasteiger charge is 2.09. The molecule has 0 unspecified atom stereocenters. The van der Waals surface area contributed by atoms with E-state index in [1.165, 1.54) is 6.26 Å². The van der Waals surface area contributed by atoms with E-state index in [-0.39, 0.29) is 11.8 Å². The quantitative estimate of drug-likeness (QED) is 0.664. The summed E-state index contributed by atoms with van der Waals surface area (Å²) in [4.78, 5) is 11.1. The van der Waals surface area contributed by atoms with E-state index in [1.54, 1.807) is 19.1 Å². The van der Waals surface area contributed by atoms with Crippen molar-refractivity contribution in [1.82, 2.24) is 0 Å². The third-order valence-electron chi connectivity index (χ3n) is 1.30. The van der Waals surface area contributed by atoms with E-state index in [4.69, 9.17) is 10.2 Å². The minimum absolute atomic E-state index is 0.0370. The largest absolute Gasteiger partial charge is 0.461 e. The number of ketones is 1. The molecule has 1 atom stereocenters. The van der Waals surface area contributed by atoms with Crippen molar-refractivity contribution >= 4 is 5.78 Å². The van der Waals surface area contributed by atoms with Crippen LogP contribution < -0.4 is 5.73 Å². The van der Waals surface area contributed by atoms with Crippen LogP contribution in [-0.4, -0.2) is 11.8 Å². The van der Waals surface area contributed by atoms with Crippen LogP contribution in [0.3, 0.4) is 0 Å². The number of hydrogen-bond donors (Lipinski definition) is 1. The Bertz CT molecular complexity index is 226. The highest BCUT2D eigenvalue weighted by Crippen LogP contribution is 2.04. The van der Waals surface area contributed by atoms with Gasteiger partial charge in [0, 0.05) is 12.5 Å². The molecule has 3 nitrogen and oxygen atoms in total. The lowest BCUT2D eigenvalue weighted by Gasteiger charge is -1.99. The van der Waals surface area contributed by atoms with E-state index >= 15 is 0 Å². The van der Waals surface area contributed by atoms with Crippen molar-refractivity contribution in [2.24, 2.45) is 5.73 Å². The molecule has 0 aliphatic heterocycles. The number of carbonyl (C=O) groups excluding carboxylic acids is 1. The molecule has 1 aromatic rings. The molecule has 1 aromatic heterocycles. The molecule has 1 rings (SSSR count). The summed E-state index contributed by atoms with van der Waals surface area (Å²) in [5.74, 6) is 0.354. The van der Waals surface area contributed by atoms with Crippen molar-refractivity contribution in [3.8, 4) is 0 Å². The fourth-order valence-corrected chi connectivity index (χ4v) is 0.830. The maximum absolute atomic E-state index is 11.1. The van der Waals surface area contributed by atoms with Crippen LogP contribution in [0.1, 0.15) is 23.9 Å². The number of rotatable bonds is 3. The minimum Gasteiger partial charge on any atom is -0.461 e. The monoisotopic (exact) mass is 153 g/mol. The van der Waals surface area contributed by atoms with Crippen LogP contribution in [0.5, 0.6) is 0 Å². The van der Waals surface area contributed by atoms with Crippen molar-refractivity contribution < 1.29 is 9.21 Å². The first-order chi connectivity index (χ1) is 5.20. The van der Waals surface area contributed by atoms with Gasteiger partial charge in [-0.25, -0.2) is 0 Å². The molecule has 0 aromatic carbocycles. The first-order valence-corrected chi connectivity index (χ1v) is 3.52. The molecule has 0 radical (unpaired) electrons. The summed E-state index contributed by atoms with van der Waals surface area (Å²) in [6, 6.07) is 3.23. The Hall–Kier alpha value is -1.09. The Morgan fingerprint density at radius 3 is 3.00 bits per heavy atom. The molecule has 2 N–H and O–H groups in total. The topological polar surface area (TPSA) is 56.2 Å². The van der Waals surface area contributed by atoms with E-state index in [0.29, 0.717) is 12.2 Å². The van der Waals surface area contributed by atoms with Crippen molar-refractivity contribution in [2.75, 3.05) is 0 Å². The maximum atomic E-state index is 11.1. The van der Waals surface area contributed by atoms with E-state index in [1.807, 2.05) is 0 Å². The third-order valence-corrected chi connectivity index (χ3v) is 1.30. The summed E-state index contributed by atoms with van der Waals surface area (Å²) in [6.45, 7) is 1.79. The number of furan rings is 1. The van der Waals surface area contributed by atoms with Crippen LogP contribution in [0.25, 0.3) is 0 Å². The normalized spacial score (nSPS) is 12.9. The van der Waals surface area contributed by atoms with Crippen LogP contribution in [0.2, 0.25) is 0 Å². The van der Waals surface area contributed by atoms with Crippen LogP contribution >= 0.6 is 0 Å². The lowest BCUT2D eigenvalue weighted by molar-refractivity contribution is 0.0949. The van der Waals surface area contributed by atoms with Crippen LogP contribution in [0.15, 0.2) is 22.8 Å². The zero-order valence-electron chi connectivity index (χ0n) is 6.41. The second-order valence-electron chi connectivity index (χ2n) is 2.58. The Morgan fingerprint density at radius 1 is 1.82 bits per heavy atom. The maximum Gasteiger partial charge on any atom is 0.199 e. The molecular weight excluding hydrogens is 142 g/mol. The number of carbonyl (C=O) groups is 1. The summed E-state index contributed by atoms with van der Waals surface area (Å²) in [7, 11) is 0. The summed E-state index contributed by atoms with van der Waals surface area (Å²) in [5.41, 5.74) is 5.44. The van der Waals surface area contributed by atoms with Gasteiger partial charge in [0.05, 0.1) is 6.26 Å². The predicted octanol–water partition coefficient (Wildman–Crippen LogP) is 1.20. The molecule has 3 heteroatoms. The molecule has 0 fully saturated rings. The van der Waals surface area contributed by atoms with Crippen LogP contribution in [0, 0.1) is 0 Å². The molecule has 0 aliphatic rings. The predicted molar refractivity (Wildman–Crippen MR) is 41.3 cm³/mol. The lowest BCUT2D eigenvalue weighted by Crippen LogP contribution is -2.19. The van der Waals surface area contributed by atoms with Gasteiger partial charge in [-0.2, -0.15) is 0 Å². The minimum atomic E-state index is -0.104. The Labute approximate surface area is 65.2 Å². The smallest absolute Gasteiger partial charge is 0.199 e. The molecule has 0 saturated heterocycles. The zero-order valence-corrected chi connectivity index (χ0v) is 6.41. The van der Waals surface area contributed by atoms with Gasteiger partial charge in [0.2, 0.25) is 0 Å². The van der Waals surface area contributed by atoms with Gasteiger partial charge >= 0.3 is 0 Å². The van der Waals surface area contributed by atoms with Crippen molar-refractivity contribution in [1.29, 1.82) is 0 Å². The van der Waals surface area contributed by atoms with Gasteiger partial charge in [-0.1, -0.05) is 0 Å². The number of hydrogen-bond acceptors (Lipinski definition) is 3. The van der Waals surface area contributed by atoms with Gasteiger partial charge in [-0.15, -0.1) is 0 Å². The summed E-state index contributed by atoms with van der Waals surface area (Å²) in [6.07, 6.45) is 1.82. The summed E-state index contributed by atoms with van der Waals surface area (Å²) < 4.78 is 4.89. The van der Waals surface area contributed by atoms with Crippen LogP contribution in [0.4, 0.5) is 0 Å². The Morgan fingerprint density at radius 2 is 2.55 bits per heavy atom. The van der Waals surface area contributed by atoms with E-state index in [2.05, 4.69) is 0 Å². The van der Waals surface area contributed by atoms with Gasteiger partial charge in [0.1, 0.15) is 0 Å². The Kier molecular flexibility index (Phi) is 2.44. The second kappa shape index (κ2) is 3.34. The molecule has 1 heterocycles. The molecule has 0 aliphatic carbocycles. The first-order valence-electron chi connectivity index (χ1n) is 3.52. The second-order valence-corrected chi connectivity index (χ2v) is 2.58. The van der Waals surface area contributed by atoms with E-state index in [9.17, 15) is 4.79 Å². The van der Waals surface area contributed by atoms with Gasteiger partial charge in [-0.3, -0.25) is 4.79 Å². The average Bonchev–Trinajstić information content (AvgIpc) is 2.35. The molecular formula is C8H11NO2. The highest BCUT2D eigenvalue weighted by molar-refractivity contribution is 5.93. The number of nitrogens with two attached hydrogens (primary N) is 1.